The van der Waals surface area contributed by atoms with Gasteiger partial charge in [0.25, 0.3) is 0 Å². The van der Waals surface area contributed by atoms with Crippen LogP contribution in [0.3, 0.4) is 0 Å². The monoisotopic (exact) mass is 220 g/mol. The largest absolute Gasteiger partial charge is 0.330 e. The quantitative estimate of drug-likeness (QED) is 0.706. The molecule has 1 rings (SSSR count). The molecule has 1 aliphatic rings. The second-order valence-corrected chi connectivity index (χ2v) is 6.43. The zero-order valence-electron chi connectivity index (χ0n) is 8.78. The standard InChI is InChI=1S/C9H20N2O2S/c1-9(8-10)2-3-11-4-6-14(12,13)7-5-11/h9H,2-8,10H2,1H3. The molecule has 1 atom stereocenters. The molecule has 0 aromatic heterocycles. The van der Waals surface area contributed by atoms with Crippen LogP contribution in [-0.4, -0.2) is 51.0 Å². The van der Waals surface area contributed by atoms with Crippen molar-refractivity contribution in [3.05, 3.63) is 0 Å². The van der Waals surface area contributed by atoms with Crippen molar-refractivity contribution in [3.63, 3.8) is 0 Å². The smallest absolute Gasteiger partial charge is 0.152 e. The van der Waals surface area contributed by atoms with E-state index in [4.69, 9.17) is 5.73 Å². The molecule has 84 valence electrons. The van der Waals surface area contributed by atoms with E-state index in [9.17, 15) is 8.42 Å². The molecule has 0 aromatic rings. The normalized spacial score (nSPS) is 24.7. The lowest BCUT2D eigenvalue weighted by Gasteiger charge is -2.27. The number of hydrogen-bond donors (Lipinski definition) is 1. The van der Waals surface area contributed by atoms with Crippen LogP contribution < -0.4 is 5.73 Å². The third-order valence-corrected chi connectivity index (χ3v) is 4.39. The van der Waals surface area contributed by atoms with E-state index >= 15 is 0 Å². The highest BCUT2D eigenvalue weighted by Crippen LogP contribution is 2.07. The molecule has 0 amide bonds. The van der Waals surface area contributed by atoms with E-state index in [1.165, 1.54) is 0 Å². The van der Waals surface area contributed by atoms with Crippen molar-refractivity contribution < 1.29 is 8.42 Å². The van der Waals surface area contributed by atoms with E-state index in [1.807, 2.05) is 0 Å². The average molecular weight is 220 g/mol. The van der Waals surface area contributed by atoms with Crippen LogP contribution in [0.25, 0.3) is 0 Å². The van der Waals surface area contributed by atoms with Gasteiger partial charge in [0.1, 0.15) is 0 Å². The van der Waals surface area contributed by atoms with Crippen LogP contribution in [0, 0.1) is 5.92 Å². The maximum absolute atomic E-state index is 11.1. The fourth-order valence-electron chi connectivity index (χ4n) is 1.49. The van der Waals surface area contributed by atoms with Gasteiger partial charge in [-0.3, -0.25) is 0 Å². The van der Waals surface area contributed by atoms with Gasteiger partial charge < -0.3 is 10.6 Å². The first kappa shape index (κ1) is 11.9. The molecule has 0 aliphatic carbocycles. The summed E-state index contributed by atoms with van der Waals surface area (Å²) in [6, 6.07) is 0. The summed E-state index contributed by atoms with van der Waals surface area (Å²) in [5, 5.41) is 0. The van der Waals surface area contributed by atoms with E-state index in [0.717, 1.165) is 13.0 Å². The van der Waals surface area contributed by atoms with Crippen LogP contribution in [0.5, 0.6) is 0 Å². The predicted octanol–water partition coefficient (Wildman–Crippen LogP) is -0.298. The van der Waals surface area contributed by atoms with Crippen molar-refractivity contribution in [1.29, 1.82) is 0 Å². The lowest BCUT2D eigenvalue weighted by atomic mass is 10.1. The molecule has 1 heterocycles. The Balaban J connectivity index is 2.23. The Kier molecular flexibility index (Phi) is 4.34. The van der Waals surface area contributed by atoms with E-state index < -0.39 is 9.84 Å². The first-order chi connectivity index (χ1) is 6.53. The Bertz CT molecular complexity index is 250. The minimum atomic E-state index is -2.73. The molecule has 4 nitrogen and oxygen atoms in total. The van der Waals surface area contributed by atoms with Crippen molar-refractivity contribution in [2.24, 2.45) is 11.7 Å². The zero-order valence-corrected chi connectivity index (χ0v) is 9.59. The Hall–Kier alpha value is -0.130. The summed E-state index contributed by atoms with van der Waals surface area (Å²) in [5.41, 5.74) is 5.52. The van der Waals surface area contributed by atoms with Crippen LogP contribution >= 0.6 is 0 Å². The zero-order chi connectivity index (χ0) is 10.6. The van der Waals surface area contributed by atoms with Gasteiger partial charge in [-0.05, 0) is 25.4 Å². The Morgan fingerprint density at radius 3 is 2.43 bits per heavy atom. The third-order valence-electron chi connectivity index (χ3n) is 2.78. The molecule has 1 unspecified atom stereocenters. The molecular formula is C9H20N2O2S. The van der Waals surface area contributed by atoms with Crippen molar-refractivity contribution in [1.82, 2.24) is 4.90 Å². The summed E-state index contributed by atoms with van der Waals surface area (Å²) in [6.07, 6.45) is 1.07. The van der Waals surface area contributed by atoms with Gasteiger partial charge in [-0.2, -0.15) is 0 Å². The summed E-state index contributed by atoms with van der Waals surface area (Å²) in [4.78, 5) is 2.22. The molecule has 1 saturated heterocycles. The van der Waals surface area contributed by atoms with Gasteiger partial charge in [-0.15, -0.1) is 0 Å². The highest BCUT2D eigenvalue weighted by Gasteiger charge is 2.21. The molecule has 5 heteroatoms. The summed E-state index contributed by atoms with van der Waals surface area (Å²) in [7, 11) is -2.73. The Morgan fingerprint density at radius 2 is 1.93 bits per heavy atom. The molecule has 0 aromatic carbocycles. The SMILES string of the molecule is CC(CN)CCN1CCS(=O)(=O)CC1. The van der Waals surface area contributed by atoms with Crippen LogP contribution in [0.15, 0.2) is 0 Å². The first-order valence-electron chi connectivity index (χ1n) is 5.16. The first-order valence-corrected chi connectivity index (χ1v) is 6.98. The summed E-state index contributed by atoms with van der Waals surface area (Å²) in [5.74, 6) is 1.18. The van der Waals surface area contributed by atoms with E-state index in [2.05, 4.69) is 11.8 Å². The predicted molar refractivity (Wildman–Crippen MR) is 57.9 cm³/mol. The highest BCUT2D eigenvalue weighted by molar-refractivity contribution is 7.91. The van der Waals surface area contributed by atoms with Crippen LogP contribution in [0.4, 0.5) is 0 Å². The van der Waals surface area contributed by atoms with E-state index in [0.29, 0.717) is 37.1 Å². The summed E-state index contributed by atoms with van der Waals surface area (Å²) in [6.45, 7) is 5.21. The van der Waals surface area contributed by atoms with E-state index in [1.54, 1.807) is 0 Å². The van der Waals surface area contributed by atoms with Gasteiger partial charge >= 0.3 is 0 Å². The minimum absolute atomic E-state index is 0.323. The molecule has 0 bridgehead atoms. The number of rotatable bonds is 4. The van der Waals surface area contributed by atoms with Crippen LogP contribution in [0.2, 0.25) is 0 Å². The van der Waals surface area contributed by atoms with Crippen molar-refractivity contribution in [2.45, 2.75) is 13.3 Å². The van der Waals surface area contributed by atoms with Crippen LogP contribution in [0.1, 0.15) is 13.3 Å². The molecule has 0 radical (unpaired) electrons. The fraction of sp³-hybridized carbons (Fsp3) is 1.00. The molecule has 2 N–H and O–H groups in total. The second-order valence-electron chi connectivity index (χ2n) is 4.12. The summed E-state index contributed by atoms with van der Waals surface area (Å²) >= 11 is 0. The number of nitrogens with zero attached hydrogens (tertiary/aromatic N) is 1. The molecule has 1 aliphatic heterocycles. The topological polar surface area (TPSA) is 63.4 Å². The Labute approximate surface area is 86.4 Å². The minimum Gasteiger partial charge on any atom is -0.330 e. The molecule has 0 saturated carbocycles. The van der Waals surface area contributed by atoms with Crippen molar-refractivity contribution in [2.75, 3.05) is 37.7 Å². The number of sulfone groups is 1. The highest BCUT2D eigenvalue weighted by atomic mass is 32.2. The van der Waals surface area contributed by atoms with E-state index in [-0.39, 0.29) is 0 Å². The molecule has 14 heavy (non-hydrogen) atoms. The molecule has 1 fully saturated rings. The van der Waals surface area contributed by atoms with Gasteiger partial charge in [0, 0.05) is 13.1 Å². The molecule has 0 spiro atoms. The lowest BCUT2D eigenvalue weighted by Crippen LogP contribution is -2.41. The Morgan fingerprint density at radius 1 is 1.36 bits per heavy atom. The fourth-order valence-corrected chi connectivity index (χ4v) is 2.77. The maximum atomic E-state index is 11.1. The van der Waals surface area contributed by atoms with Gasteiger partial charge in [0.05, 0.1) is 11.5 Å². The van der Waals surface area contributed by atoms with Gasteiger partial charge in [0.15, 0.2) is 9.84 Å². The van der Waals surface area contributed by atoms with Crippen LogP contribution in [-0.2, 0) is 9.84 Å². The number of nitrogens with two attached hydrogens (primary N) is 1. The van der Waals surface area contributed by atoms with Crippen molar-refractivity contribution in [3.8, 4) is 0 Å². The van der Waals surface area contributed by atoms with Gasteiger partial charge in [-0.25, -0.2) is 8.42 Å². The maximum Gasteiger partial charge on any atom is 0.152 e. The average Bonchev–Trinajstić information content (AvgIpc) is 2.16. The third kappa shape index (κ3) is 3.94. The van der Waals surface area contributed by atoms with Gasteiger partial charge in [0.2, 0.25) is 0 Å². The summed E-state index contributed by atoms with van der Waals surface area (Å²) < 4.78 is 22.3. The molecular weight excluding hydrogens is 200 g/mol. The second kappa shape index (κ2) is 5.09. The number of hydrogen-bond acceptors (Lipinski definition) is 4. The van der Waals surface area contributed by atoms with Gasteiger partial charge in [-0.1, -0.05) is 6.92 Å². The lowest BCUT2D eigenvalue weighted by molar-refractivity contribution is 0.274. The van der Waals surface area contributed by atoms with Crippen molar-refractivity contribution >= 4 is 9.84 Å².